The topological polar surface area (TPSA) is 45.0 Å². The molecule has 3 atom stereocenters. The number of rotatable bonds is 1. The summed E-state index contributed by atoms with van der Waals surface area (Å²) in [6.07, 6.45) is 5.43. The molecule has 1 aromatic rings. The molecule has 2 aliphatic rings. The average molecular weight is 242 g/mol. The van der Waals surface area contributed by atoms with Gasteiger partial charge in [-0.05, 0) is 36.5 Å². The lowest BCUT2D eigenvalue weighted by Gasteiger charge is -2.40. The van der Waals surface area contributed by atoms with Gasteiger partial charge < -0.3 is 4.74 Å². The molecule has 18 heavy (non-hydrogen) atoms. The molecular formula is C15H18N2O. The molecule has 3 rings (SSSR count). The maximum Gasteiger partial charge on any atom is 0.134 e. The Morgan fingerprint density at radius 2 is 2.17 bits per heavy atom. The number of nitrogens with one attached hydrogen (secondary N) is 1. The van der Waals surface area contributed by atoms with Crippen LogP contribution in [0.15, 0.2) is 24.3 Å². The van der Waals surface area contributed by atoms with Crippen LogP contribution in [0, 0.1) is 17.2 Å². The van der Waals surface area contributed by atoms with Crippen LogP contribution in [0.5, 0.6) is 0 Å². The maximum atomic E-state index is 8.94. The van der Waals surface area contributed by atoms with E-state index in [-0.39, 0.29) is 6.23 Å². The molecule has 3 nitrogen and oxygen atoms in total. The lowest BCUT2D eigenvalue weighted by atomic mass is 9.85. The van der Waals surface area contributed by atoms with Crippen molar-refractivity contribution in [1.29, 1.82) is 5.26 Å². The lowest BCUT2D eigenvalue weighted by molar-refractivity contribution is -0.109. The van der Waals surface area contributed by atoms with Gasteiger partial charge in [0.15, 0.2) is 0 Å². The van der Waals surface area contributed by atoms with E-state index in [1.165, 1.54) is 25.7 Å². The fraction of sp³-hybridized carbons (Fsp3) is 0.533. The monoisotopic (exact) mass is 242 g/mol. The first-order valence-electron chi connectivity index (χ1n) is 6.76. The Morgan fingerprint density at radius 1 is 1.28 bits per heavy atom. The van der Waals surface area contributed by atoms with Gasteiger partial charge in [-0.1, -0.05) is 25.0 Å². The molecule has 94 valence electrons. The number of hydrogen-bond donors (Lipinski definition) is 1. The minimum atomic E-state index is -0.0438. The molecule has 1 unspecified atom stereocenters. The predicted octanol–water partition coefficient (Wildman–Crippen LogP) is 2.74. The molecule has 1 aliphatic heterocycles. The van der Waals surface area contributed by atoms with Gasteiger partial charge in [0.25, 0.3) is 0 Å². The summed E-state index contributed by atoms with van der Waals surface area (Å²) in [7, 11) is 0. The number of ether oxygens (including phenoxy) is 1. The summed E-state index contributed by atoms with van der Waals surface area (Å²) in [6.45, 7) is 1.03. The van der Waals surface area contributed by atoms with Crippen molar-refractivity contribution in [3.05, 3.63) is 35.4 Å². The second-order valence-corrected chi connectivity index (χ2v) is 5.24. The molecule has 1 aliphatic carbocycles. The highest BCUT2D eigenvalue weighted by Gasteiger charge is 2.33. The van der Waals surface area contributed by atoms with Crippen molar-refractivity contribution in [2.24, 2.45) is 5.92 Å². The molecule has 0 radical (unpaired) electrons. The molecule has 0 aromatic heterocycles. The van der Waals surface area contributed by atoms with E-state index in [0.717, 1.165) is 12.1 Å². The first-order chi connectivity index (χ1) is 8.86. The third-order valence-electron chi connectivity index (χ3n) is 4.03. The van der Waals surface area contributed by atoms with E-state index in [0.29, 0.717) is 17.6 Å². The van der Waals surface area contributed by atoms with E-state index in [4.69, 9.17) is 10.00 Å². The minimum Gasteiger partial charge on any atom is -0.356 e. The molecule has 1 N–H and O–H groups in total. The van der Waals surface area contributed by atoms with E-state index in [9.17, 15) is 0 Å². The Morgan fingerprint density at radius 3 is 3.06 bits per heavy atom. The fourth-order valence-electron chi connectivity index (χ4n) is 3.04. The molecule has 1 heterocycles. The maximum absolute atomic E-state index is 8.94. The van der Waals surface area contributed by atoms with Gasteiger partial charge in [0, 0.05) is 6.54 Å². The SMILES string of the molecule is N#Cc1cccc(C2NC[C@H]3CCCC[C@@H]3O2)c1. The van der Waals surface area contributed by atoms with Crippen LogP contribution in [0.25, 0.3) is 0 Å². The van der Waals surface area contributed by atoms with Crippen molar-refractivity contribution >= 4 is 0 Å². The van der Waals surface area contributed by atoms with Gasteiger partial charge in [-0.2, -0.15) is 5.26 Å². The summed E-state index contributed by atoms with van der Waals surface area (Å²) in [5, 5.41) is 12.4. The van der Waals surface area contributed by atoms with Crippen LogP contribution in [-0.4, -0.2) is 12.6 Å². The van der Waals surface area contributed by atoms with Crippen LogP contribution >= 0.6 is 0 Å². The average Bonchev–Trinajstić information content (AvgIpc) is 2.47. The van der Waals surface area contributed by atoms with E-state index in [1.54, 1.807) is 0 Å². The predicted molar refractivity (Wildman–Crippen MR) is 68.7 cm³/mol. The highest BCUT2D eigenvalue weighted by molar-refractivity contribution is 5.33. The van der Waals surface area contributed by atoms with Crippen LogP contribution in [0.2, 0.25) is 0 Å². The second kappa shape index (κ2) is 5.09. The van der Waals surface area contributed by atoms with Crippen molar-refractivity contribution in [1.82, 2.24) is 5.32 Å². The van der Waals surface area contributed by atoms with Crippen LogP contribution in [0.3, 0.4) is 0 Å². The Hall–Kier alpha value is -1.37. The Bertz CT molecular complexity index is 466. The Labute approximate surface area is 108 Å². The van der Waals surface area contributed by atoms with Gasteiger partial charge in [0.2, 0.25) is 0 Å². The minimum absolute atomic E-state index is 0.0438. The van der Waals surface area contributed by atoms with Gasteiger partial charge in [-0.3, -0.25) is 5.32 Å². The largest absolute Gasteiger partial charge is 0.356 e. The zero-order chi connectivity index (χ0) is 12.4. The van der Waals surface area contributed by atoms with Crippen molar-refractivity contribution in [2.75, 3.05) is 6.54 Å². The number of hydrogen-bond acceptors (Lipinski definition) is 3. The van der Waals surface area contributed by atoms with Gasteiger partial charge in [-0.15, -0.1) is 0 Å². The van der Waals surface area contributed by atoms with Crippen LogP contribution in [0.4, 0.5) is 0 Å². The first kappa shape index (κ1) is 11.7. The van der Waals surface area contributed by atoms with Crippen molar-refractivity contribution in [3.8, 4) is 6.07 Å². The molecule has 1 saturated carbocycles. The van der Waals surface area contributed by atoms with E-state index < -0.39 is 0 Å². The summed E-state index contributed by atoms with van der Waals surface area (Å²) < 4.78 is 6.16. The third kappa shape index (κ3) is 2.27. The summed E-state index contributed by atoms with van der Waals surface area (Å²) in [5.74, 6) is 0.675. The first-order valence-corrected chi connectivity index (χ1v) is 6.76. The van der Waals surface area contributed by atoms with Crippen molar-refractivity contribution in [3.63, 3.8) is 0 Å². The van der Waals surface area contributed by atoms with Crippen molar-refractivity contribution < 1.29 is 4.74 Å². The van der Waals surface area contributed by atoms with Crippen molar-refractivity contribution in [2.45, 2.75) is 38.0 Å². The van der Waals surface area contributed by atoms with Crippen LogP contribution in [-0.2, 0) is 4.74 Å². The molecule has 0 amide bonds. The molecule has 2 fully saturated rings. The van der Waals surface area contributed by atoms with E-state index >= 15 is 0 Å². The Balaban J connectivity index is 1.75. The van der Waals surface area contributed by atoms with Gasteiger partial charge in [0.05, 0.1) is 17.7 Å². The number of fused-ring (bicyclic) bond motifs is 1. The zero-order valence-corrected chi connectivity index (χ0v) is 10.4. The number of nitrogens with zero attached hydrogens (tertiary/aromatic N) is 1. The summed E-state index contributed by atoms with van der Waals surface area (Å²) >= 11 is 0. The summed E-state index contributed by atoms with van der Waals surface area (Å²) in [5.41, 5.74) is 1.77. The van der Waals surface area contributed by atoms with Gasteiger partial charge >= 0.3 is 0 Å². The summed E-state index contributed by atoms with van der Waals surface area (Å²) in [6, 6.07) is 9.88. The molecule has 1 aromatic carbocycles. The molecule has 1 saturated heterocycles. The highest BCUT2D eigenvalue weighted by atomic mass is 16.5. The van der Waals surface area contributed by atoms with E-state index in [1.807, 2.05) is 24.3 Å². The normalized spacial score (nSPS) is 31.4. The summed E-state index contributed by atoms with van der Waals surface area (Å²) in [4.78, 5) is 0. The molecule has 3 heteroatoms. The van der Waals surface area contributed by atoms with Gasteiger partial charge in [-0.25, -0.2) is 0 Å². The zero-order valence-electron chi connectivity index (χ0n) is 10.4. The Kier molecular flexibility index (Phi) is 3.31. The third-order valence-corrected chi connectivity index (χ3v) is 4.03. The second-order valence-electron chi connectivity index (χ2n) is 5.24. The van der Waals surface area contributed by atoms with Crippen LogP contribution < -0.4 is 5.32 Å². The number of nitriles is 1. The quantitative estimate of drug-likeness (QED) is 0.823. The smallest absolute Gasteiger partial charge is 0.134 e. The lowest BCUT2D eigenvalue weighted by Crippen LogP contribution is -2.45. The molecule has 0 spiro atoms. The van der Waals surface area contributed by atoms with E-state index in [2.05, 4.69) is 11.4 Å². The fourth-order valence-corrected chi connectivity index (χ4v) is 3.04. The molecular weight excluding hydrogens is 224 g/mol. The highest BCUT2D eigenvalue weighted by Crippen LogP contribution is 2.33. The standard InChI is InChI=1S/C15H18N2O/c16-9-11-4-3-6-12(8-11)15-17-10-13-5-1-2-7-14(13)18-15/h3-4,6,8,13-15,17H,1-2,5,7,10H2/t13-,14+,15?/m1/s1. The number of benzene rings is 1. The van der Waals surface area contributed by atoms with Crippen LogP contribution in [0.1, 0.15) is 43.0 Å². The molecule has 0 bridgehead atoms. The van der Waals surface area contributed by atoms with Gasteiger partial charge in [0.1, 0.15) is 6.23 Å².